The van der Waals surface area contributed by atoms with Crippen LogP contribution in [0.15, 0.2) is 30.5 Å². The molecule has 1 aliphatic carbocycles. The van der Waals surface area contributed by atoms with Crippen LogP contribution < -0.4 is 15.5 Å². The van der Waals surface area contributed by atoms with Gasteiger partial charge in [0.15, 0.2) is 20.8 Å². The van der Waals surface area contributed by atoms with Crippen LogP contribution in [-0.2, 0) is 14.6 Å². The first-order valence-electron chi connectivity index (χ1n) is 14.0. The Morgan fingerprint density at radius 1 is 1.12 bits per heavy atom. The van der Waals surface area contributed by atoms with Gasteiger partial charge in [-0.2, -0.15) is 0 Å². The Balaban J connectivity index is 1.35. The number of rotatable bonds is 6. The third-order valence-corrected chi connectivity index (χ3v) is 11.4. The predicted octanol–water partition coefficient (Wildman–Crippen LogP) is 3.93. The topological polar surface area (TPSA) is 158 Å². The number of nitrogens with zero attached hydrogens (tertiary/aromatic N) is 5. The van der Waals surface area contributed by atoms with Gasteiger partial charge in [0.05, 0.1) is 33.5 Å². The van der Waals surface area contributed by atoms with Gasteiger partial charge in [0.25, 0.3) is 0 Å². The number of thiazole rings is 1. The molecular formula is C28H32FN7O5S2. The highest BCUT2D eigenvalue weighted by molar-refractivity contribution is 7.92. The van der Waals surface area contributed by atoms with Gasteiger partial charge < -0.3 is 25.5 Å². The van der Waals surface area contributed by atoms with Gasteiger partial charge in [-0.05, 0) is 44.9 Å². The molecule has 4 heterocycles. The van der Waals surface area contributed by atoms with Crippen LogP contribution in [-0.4, -0.2) is 88.1 Å². The van der Waals surface area contributed by atoms with E-state index in [-0.39, 0.29) is 46.3 Å². The van der Waals surface area contributed by atoms with E-state index in [9.17, 15) is 23.1 Å². The predicted molar refractivity (Wildman–Crippen MR) is 162 cm³/mol. The van der Waals surface area contributed by atoms with Crippen molar-refractivity contribution in [1.29, 1.82) is 0 Å². The summed E-state index contributed by atoms with van der Waals surface area (Å²) in [5.74, 6) is -0.197. The Morgan fingerprint density at radius 3 is 2.44 bits per heavy atom. The van der Waals surface area contributed by atoms with Gasteiger partial charge >= 0.3 is 6.09 Å². The number of benzene rings is 1. The molecule has 228 valence electrons. The lowest BCUT2D eigenvalue weighted by molar-refractivity contribution is -0.114. The minimum Gasteiger partial charge on any atom is -0.465 e. The van der Waals surface area contributed by atoms with Crippen molar-refractivity contribution < 1.29 is 27.5 Å². The van der Waals surface area contributed by atoms with Crippen molar-refractivity contribution in [2.75, 3.05) is 40.1 Å². The zero-order valence-corrected chi connectivity index (χ0v) is 25.5. The fraction of sp³-hybridized carbons (Fsp3) is 0.464. The number of hydrogen-bond donors (Lipinski definition) is 3. The van der Waals surface area contributed by atoms with Crippen molar-refractivity contribution in [2.45, 2.75) is 51.7 Å². The molecule has 0 unspecified atom stereocenters. The van der Waals surface area contributed by atoms with Crippen LogP contribution in [0.3, 0.4) is 0 Å². The quantitative estimate of drug-likeness (QED) is 0.365. The lowest BCUT2D eigenvalue weighted by Gasteiger charge is -2.53. The van der Waals surface area contributed by atoms with E-state index in [1.54, 1.807) is 24.4 Å². The first kappa shape index (κ1) is 29.2. The number of amides is 2. The van der Waals surface area contributed by atoms with E-state index < -0.39 is 27.7 Å². The highest BCUT2D eigenvalue weighted by atomic mass is 32.2. The third kappa shape index (κ3) is 5.62. The molecule has 2 aromatic heterocycles. The summed E-state index contributed by atoms with van der Waals surface area (Å²) in [5.41, 5.74) is 0.947. The Bertz CT molecular complexity index is 1680. The van der Waals surface area contributed by atoms with Gasteiger partial charge in [0.1, 0.15) is 0 Å². The number of hydrogen-bond acceptors (Lipinski definition) is 10. The van der Waals surface area contributed by atoms with Gasteiger partial charge in [-0.15, -0.1) is 0 Å². The molecule has 3 N–H and O–H groups in total. The number of nitrogens with one attached hydrogen (secondary N) is 2. The molecule has 1 saturated carbocycles. The fourth-order valence-corrected chi connectivity index (χ4v) is 10.1. The van der Waals surface area contributed by atoms with E-state index in [1.165, 1.54) is 29.2 Å². The number of carboxylic acid groups (broad SMARTS) is 1. The summed E-state index contributed by atoms with van der Waals surface area (Å²) in [6.45, 7) is 5.75. The smallest absolute Gasteiger partial charge is 0.407 e. The maximum Gasteiger partial charge on any atom is 0.407 e. The molecule has 6 rings (SSSR count). The molecule has 2 aliphatic heterocycles. The number of piperazine rings is 1. The lowest BCUT2D eigenvalue weighted by Crippen LogP contribution is -2.60. The molecule has 1 spiro atoms. The average Bonchev–Trinajstić information content (AvgIpc) is 3.32. The Labute approximate surface area is 252 Å². The van der Waals surface area contributed by atoms with Crippen molar-refractivity contribution in [3.63, 3.8) is 0 Å². The summed E-state index contributed by atoms with van der Waals surface area (Å²) >= 11 is 1.33. The van der Waals surface area contributed by atoms with E-state index in [0.717, 1.165) is 12.8 Å². The van der Waals surface area contributed by atoms with Crippen molar-refractivity contribution in [3.8, 4) is 21.8 Å². The molecule has 3 aromatic rings. The largest absolute Gasteiger partial charge is 0.465 e. The molecule has 2 amide bonds. The number of carbonyl (C=O) groups is 2. The Hall–Kier alpha value is -3.85. The Morgan fingerprint density at radius 2 is 1.81 bits per heavy atom. The minimum atomic E-state index is -2.91. The zero-order chi connectivity index (χ0) is 30.7. The molecule has 2 atom stereocenters. The molecular weight excluding hydrogens is 597 g/mol. The molecule has 43 heavy (non-hydrogen) atoms. The van der Waals surface area contributed by atoms with Crippen molar-refractivity contribution in [1.82, 2.24) is 19.9 Å². The van der Waals surface area contributed by atoms with E-state index >= 15 is 4.39 Å². The lowest BCUT2D eigenvalue weighted by atomic mass is 9.67. The number of carbonyl (C=O) groups excluding carboxylic acids is 1. The van der Waals surface area contributed by atoms with Crippen molar-refractivity contribution in [2.24, 2.45) is 5.41 Å². The second kappa shape index (κ2) is 10.7. The minimum absolute atomic E-state index is 0.0317. The first-order valence-corrected chi connectivity index (χ1v) is 16.6. The monoisotopic (exact) mass is 629 g/mol. The van der Waals surface area contributed by atoms with Crippen LogP contribution in [0.1, 0.15) is 33.6 Å². The van der Waals surface area contributed by atoms with E-state index in [2.05, 4.69) is 15.6 Å². The summed E-state index contributed by atoms with van der Waals surface area (Å²) in [6, 6.07) is 6.12. The van der Waals surface area contributed by atoms with Crippen molar-refractivity contribution >= 4 is 49.9 Å². The molecule has 3 fully saturated rings. The fourth-order valence-electron chi connectivity index (χ4n) is 6.58. The highest BCUT2D eigenvalue weighted by Gasteiger charge is 2.56. The van der Waals surface area contributed by atoms with Gasteiger partial charge in [0.2, 0.25) is 11.9 Å². The Kier molecular flexibility index (Phi) is 7.27. The van der Waals surface area contributed by atoms with E-state index in [0.29, 0.717) is 40.4 Å². The summed E-state index contributed by atoms with van der Waals surface area (Å²) < 4.78 is 39.2. The second-order valence-electron chi connectivity index (χ2n) is 11.9. The van der Waals surface area contributed by atoms with Crippen LogP contribution in [0, 0.1) is 11.2 Å². The van der Waals surface area contributed by atoms with Gasteiger partial charge in [-0.3, -0.25) is 4.79 Å². The summed E-state index contributed by atoms with van der Waals surface area (Å²) in [6.07, 6.45) is 2.09. The number of sulfone groups is 1. The number of halogens is 1. The standard InChI is InChI=1S/C28H32FN7O5S2/c1-15-11-35(27(38)39)12-16(2)36(15)26-34-23(19-5-4-6-20(22(19)29)31-17(3)37)24(42-26)21-7-8-30-25(33-21)32-18-9-28(10-18)13-43(40,41)14-28/h4-8,15-16,18H,9-14H2,1-3H3,(H,31,37)(H,38,39)(H,30,32,33)/t15-,16-/m0/s1. The van der Waals surface area contributed by atoms with E-state index in [1.807, 2.05) is 18.7 Å². The van der Waals surface area contributed by atoms with Crippen LogP contribution in [0.5, 0.6) is 0 Å². The van der Waals surface area contributed by atoms with Crippen LogP contribution in [0.4, 0.5) is 26.0 Å². The molecule has 0 radical (unpaired) electrons. The molecule has 2 saturated heterocycles. The maximum absolute atomic E-state index is 15.8. The normalized spacial score (nSPS) is 22.5. The summed E-state index contributed by atoms with van der Waals surface area (Å²) in [4.78, 5) is 41.4. The third-order valence-electron chi connectivity index (χ3n) is 8.22. The van der Waals surface area contributed by atoms with Crippen LogP contribution in [0.2, 0.25) is 0 Å². The number of anilines is 3. The summed E-state index contributed by atoms with van der Waals surface area (Å²) in [5, 5.41) is 16.0. The van der Waals surface area contributed by atoms with Crippen LogP contribution >= 0.6 is 11.3 Å². The maximum atomic E-state index is 15.8. The molecule has 15 heteroatoms. The first-order chi connectivity index (χ1) is 20.3. The summed E-state index contributed by atoms with van der Waals surface area (Å²) in [7, 11) is -2.91. The molecule has 12 nitrogen and oxygen atoms in total. The van der Waals surface area contributed by atoms with Gasteiger partial charge in [0, 0.05) is 55.3 Å². The molecule has 1 aromatic carbocycles. The second-order valence-corrected chi connectivity index (χ2v) is 14.9. The SMILES string of the molecule is CC(=O)Nc1cccc(-c2nc(N3[C@@H](C)CN(C(=O)O)C[C@@H]3C)sc2-c2ccnc(NC3CC4(C3)CS(=O)(=O)C4)n2)c1F. The van der Waals surface area contributed by atoms with Crippen LogP contribution in [0.25, 0.3) is 21.8 Å². The zero-order valence-electron chi connectivity index (χ0n) is 23.9. The van der Waals surface area contributed by atoms with E-state index in [4.69, 9.17) is 9.97 Å². The highest BCUT2D eigenvalue weighted by Crippen LogP contribution is 2.50. The number of aromatic nitrogens is 3. The molecule has 3 aliphatic rings. The average molecular weight is 630 g/mol. The molecule has 0 bridgehead atoms. The van der Waals surface area contributed by atoms with Gasteiger partial charge in [-0.25, -0.2) is 32.6 Å². The van der Waals surface area contributed by atoms with Gasteiger partial charge in [-0.1, -0.05) is 17.4 Å². The van der Waals surface area contributed by atoms with Crippen molar-refractivity contribution in [3.05, 3.63) is 36.3 Å².